The molecule has 1 aliphatic heterocycles. The predicted octanol–water partition coefficient (Wildman–Crippen LogP) is 5.02. The number of morpholine rings is 1. The molecule has 2 aromatic rings. The lowest BCUT2D eigenvalue weighted by atomic mass is 9.93. The zero-order valence-electron chi connectivity index (χ0n) is 16.4. The standard InChI is InChI=1S/C22H23Cl2NO4/c1-22(2,3)29-18(26)12-17-21(27)25-19(13-7-9-15(23)10-8-13)20(28-17)14-5-4-6-16(24)11-14/h4-11,17,19-20H,12H2,1-3H3,(H,25,27)/t17?,19-,20?/m1/s1. The van der Waals surface area contributed by atoms with Crippen molar-refractivity contribution in [2.45, 2.75) is 51.0 Å². The summed E-state index contributed by atoms with van der Waals surface area (Å²) in [5.41, 5.74) is 0.996. The first kappa shape index (κ1) is 21.6. The van der Waals surface area contributed by atoms with Crippen LogP contribution in [0.2, 0.25) is 10.0 Å². The molecule has 1 aliphatic rings. The maximum atomic E-state index is 12.7. The van der Waals surface area contributed by atoms with Gasteiger partial charge in [0, 0.05) is 10.0 Å². The van der Waals surface area contributed by atoms with E-state index in [9.17, 15) is 9.59 Å². The highest BCUT2D eigenvalue weighted by atomic mass is 35.5. The highest BCUT2D eigenvalue weighted by Gasteiger charge is 2.39. The van der Waals surface area contributed by atoms with Gasteiger partial charge in [-0.1, -0.05) is 47.5 Å². The number of benzene rings is 2. The van der Waals surface area contributed by atoms with Crippen molar-refractivity contribution >= 4 is 35.1 Å². The Kier molecular flexibility index (Phi) is 6.52. The molecule has 0 spiro atoms. The molecule has 1 saturated heterocycles. The molecule has 1 heterocycles. The van der Waals surface area contributed by atoms with Gasteiger partial charge in [0.1, 0.15) is 17.8 Å². The molecule has 29 heavy (non-hydrogen) atoms. The van der Waals surface area contributed by atoms with Crippen LogP contribution in [0, 0.1) is 0 Å². The fourth-order valence-corrected chi connectivity index (χ4v) is 3.52. The number of rotatable bonds is 4. The smallest absolute Gasteiger partial charge is 0.309 e. The van der Waals surface area contributed by atoms with Crippen LogP contribution >= 0.6 is 23.2 Å². The molecule has 3 atom stereocenters. The number of halogens is 2. The van der Waals surface area contributed by atoms with Gasteiger partial charge >= 0.3 is 5.97 Å². The third-order valence-electron chi connectivity index (χ3n) is 4.38. The van der Waals surface area contributed by atoms with Crippen LogP contribution in [0.5, 0.6) is 0 Å². The predicted molar refractivity (Wildman–Crippen MR) is 112 cm³/mol. The molecule has 0 bridgehead atoms. The van der Waals surface area contributed by atoms with Gasteiger partial charge in [-0.2, -0.15) is 0 Å². The van der Waals surface area contributed by atoms with Crippen LogP contribution in [0.4, 0.5) is 0 Å². The maximum Gasteiger partial charge on any atom is 0.309 e. The quantitative estimate of drug-likeness (QED) is 0.684. The van der Waals surface area contributed by atoms with E-state index in [1.807, 2.05) is 24.3 Å². The van der Waals surface area contributed by atoms with E-state index in [-0.39, 0.29) is 12.3 Å². The summed E-state index contributed by atoms with van der Waals surface area (Å²) in [7, 11) is 0. The third kappa shape index (κ3) is 5.72. The summed E-state index contributed by atoms with van der Waals surface area (Å²) in [5.74, 6) is -0.860. The number of hydrogen-bond acceptors (Lipinski definition) is 4. The van der Waals surface area contributed by atoms with Crippen LogP contribution in [-0.2, 0) is 19.1 Å². The van der Waals surface area contributed by atoms with Gasteiger partial charge in [-0.05, 0) is 56.2 Å². The fourth-order valence-electron chi connectivity index (χ4n) is 3.20. The minimum atomic E-state index is -0.961. The van der Waals surface area contributed by atoms with Gasteiger partial charge in [0.2, 0.25) is 5.91 Å². The Labute approximate surface area is 180 Å². The molecule has 0 aromatic heterocycles. The molecule has 7 heteroatoms. The molecule has 1 amide bonds. The summed E-state index contributed by atoms with van der Waals surface area (Å²) in [6.45, 7) is 5.33. The molecule has 1 fully saturated rings. The molecule has 0 aliphatic carbocycles. The number of carbonyl (C=O) groups is 2. The number of esters is 1. The van der Waals surface area contributed by atoms with E-state index < -0.39 is 29.8 Å². The minimum absolute atomic E-state index is 0.173. The molecule has 154 valence electrons. The fraction of sp³-hybridized carbons (Fsp3) is 0.364. The van der Waals surface area contributed by atoms with Crippen molar-refractivity contribution in [3.8, 4) is 0 Å². The molecule has 1 N–H and O–H groups in total. The zero-order valence-corrected chi connectivity index (χ0v) is 18.0. The lowest BCUT2D eigenvalue weighted by molar-refractivity contribution is -0.168. The van der Waals surface area contributed by atoms with Gasteiger partial charge < -0.3 is 14.8 Å². The van der Waals surface area contributed by atoms with Crippen molar-refractivity contribution in [1.29, 1.82) is 0 Å². The molecule has 2 aromatic carbocycles. The highest BCUT2D eigenvalue weighted by Crippen LogP contribution is 2.38. The first-order valence-corrected chi connectivity index (χ1v) is 10.1. The van der Waals surface area contributed by atoms with Crippen LogP contribution < -0.4 is 5.32 Å². The van der Waals surface area contributed by atoms with Crippen molar-refractivity contribution in [3.63, 3.8) is 0 Å². The number of carbonyl (C=O) groups excluding carboxylic acids is 2. The number of ether oxygens (including phenoxy) is 2. The van der Waals surface area contributed by atoms with Crippen LogP contribution in [0.3, 0.4) is 0 Å². The van der Waals surface area contributed by atoms with E-state index in [0.717, 1.165) is 11.1 Å². The largest absolute Gasteiger partial charge is 0.460 e. The molecular weight excluding hydrogens is 413 g/mol. The Hall–Kier alpha value is -2.08. The van der Waals surface area contributed by atoms with Crippen LogP contribution in [0.15, 0.2) is 48.5 Å². The Bertz CT molecular complexity index is 892. The van der Waals surface area contributed by atoms with Crippen LogP contribution in [-0.4, -0.2) is 23.6 Å². The SMILES string of the molecule is CC(C)(C)OC(=O)CC1OC(c2cccc(Cl)c2)[C@@H](c2ccc(Cl)cc2)NC1=O. The van der Waals surface area contributed by atoms with Crippen molar-refractivity contribution in [1.82, 2.24) is 5.32 Å². The molecule has 0 radical (unpaired) electrons. The van der Waals surface area contributed by atoms with Crippen LogP contribution in [0.25, 0.3) is 0 Å². The van der Waals surface area contributed by atoms with Gasteiger partial charge in [-0.15, -0.1) is 0 Å². The average molecular weight is 436 g/mol. The Morgan fingerprint density at radius 3 is 2.38 bits per heavy atom. The Morgan fingerprint density at radius 1 is 1.07 bits per heavy atom. The zero-order chi connectivity index (χ0) is 21.2. The Morgan fingerprint density at radius 2 is 1.76 bits per heavy atom. The minimum Gasteiger partial charge on any atom is -0.460 e. The molecule has 0 saturated carbocycles. The average Bonchev–Trinajstić information content (AvgIpc) is 2.62. The van der Waals surface area contributed by atoms with Crippen molar-refractivity contribution in [3.05, 3.63) is 69.7 Å². The lowest BCUT2D eigenvalue weighted by Crippen LogP contribution is -2.49. The van der Waals surface area contributed by atoms with Gasteiger partial charge in [-0.25, -0.2) is 0 Å². The van der Waals surface area contributed by atoms with E-state index in [1.54, 1.807) is 45.0 Å². The van der Waals surface area contributed by atoms with Crippen molar-refractivity contribution < 1.29 is 19.1 Å². The molecule has 2 unspecified atom stereocenters. The number of amides is 1. The second-order valence-corrected chi connectivity index (χ2v) is 8.80. The molecule has 5 nitrogen and oxygen atoms in total. The number of nitrogens with one attached hydrogen (secondary N) is 1. The number of hydrogen-bond donors (Lipinski definition) is 1. The lowest BCUT2D eigenvalue weighted by Gasteiger charge is -2.37. The normalized spacial score (nSPS) is 22.1. The van der Waals surface area contributed by atoms with E-state index in [2.05, 4.69) is 5.32 Å². The van der Waals surface area contributed by atoms with E-state index in [1.165, 1.54) is 0 Å². The van der Waals surface area contributed by atoms with Gasteiger partial charge in [0.15, 0.2) is 0 Å². The molecular formula is C22H23Cl2NO4. The first-order chi connectivity index (χ1) is 13.6. The summed E-state index contributed by atoms with van der Waals surface area (Å²) in [4.78, 5) is 24.9. The van der Waals surface area contributed by atoms with Gasteiger partial charge in [-0.3, -0.25) is 9.59 Å². The third-order valence-corrected chi connectivity index (χ3v) is 4.87. The molecule has 3 rings (SSSR count). The summed E-state index contributed by atoms with van der Waals surface area (Å²) in [5, 5.41) is 4.13. The van der Waals surface area contributed by atoms with Crippen molar-refractivity contribution in [2.24, 2.45) is 0 Å². The second-order valence-electron chi connectivity index (χ2n) is 7.93. The highest BCUT2D eigenvalue weighted by molar-refractivity contribution is 6.30. The van der Waals surface area contributed by atoms with Gasteiger partial charge in [0.05, 0.1) is 12.5 Å². The Balaban J connectivity index is 1.88. The van der Waals surface area contributed by atoms with E-state index in [4.69, 9.17) is 32.7 Å². The van der Waals surface area contributed by atoms with Crippen LogP contribution in [0.1, 0.15) is 50.5 Å². The summed E-state index contributed by atoms with van der Waals surface area (Å²) in [6.07, 6.45) is -1.66. The van der Waals surface area contributed by atoms with E-state index >= 15 is 0 Å². The first-order valence-electron chi connectivity index (χ1n) is 9.31. The summed E-state index contributed by atoms with van der Waals surface area (Å²) in [6, 6.07) is 14.0. The topological polar surface area (TPSA) is 64.6 Å². The summed E-state index contributed by atoms with van der Waals surface area (Å²) >= 11 is 12.2. The van der Waals surface area contributed by atoms with Gasteiger partial charge in [0.25, 0.3) is 0 Å². The maximum absolute atomic E-state index is 12.7. The monoisotopic (exact) mass is 435 g/mol. The van der Waals surface area contributed by atoms with Crippen molar-refractivity contribution in [2.75, 3.05) is 0 Å². The second kappa shape index (κ2) is 8.74. The summed E-state index contributed by atoms with van der Waals surface area (Å²) < 4.78 is 11.5. The van der Waals surface area contributed by atoms with E-state index in [0.29, 0.717) is 10.0 Å².